The minimum Gasteiger partial charge on any atom is -0.481 e. The van der Waals surface area contributed by atoms with E-state index in [0.29, 0.717) is 6.04 Å². The zero-order valence-electron chi connectivity index (χ0n) is 11.3. The van der Waals surface area contributed by atoms with Gasteiger partial charge in [-0.05, 0) is 19.1 Å². The van der Waals surface area contributed by atoms with Gasteiger partial charge in [0.1, 0.15) is 5.75 Å². The van der Waals surface area contributed by atoms with Crippen molar-refractivity contribution in [2.75, 3.05) is 13.1 Å². The Morgan fingerprint density at radius 2 is 2.10 bits per heavy atom. The van der Waals surface area contributed by atoms with E-state index >= 15 is 0 Å². The zero-order chi connectivity index (χ0) is 13.9. The number of benzene rings is 1. The molecule has 0 aliphatic carbocycles. The SMILES string of the molecule is CC(Oc1ccccc1)C(=O)N1CC(n2ccnc2)C1. The summed E-state index contributed by atoms with van der Waals surface area (Å²) < 4.78 is 7.68. The molecule has 5 heteroatoms. The normalized spacial score (nSPS) is 16.6. The number of rotatable bonds is 4. The second kappa shape index (κ2) is 5.36. The van der Waals surface area contributed by atoms with Crippen LogP contribution in [0.25, 0.3) is 0 Å². The van der Waals surface area contributed by atoms with Crippen molar-refractivity contribution in [2.24, 2.45) is 0 Å². The van der Waals surface area contributed by atoms with Gasteiger partial charge in [-0.25, -0.2) is 4.98 Å². The number of hydrogen-bond acceptors (Lipinski definition) is 3. The molecular formula is C15H17N3O2. The van der Waals surface area contributed by atoms with Gasteiger partial charge in [-0.2, -0.15) is 0 Å². The summed E-state index contributed by atoms with van der Waals surface area (Å²) in [6.07, 6.45) is 5.01. The first-order valence-electron chi connectivity index (χ1n) is 6.72. The molecule has 2 heterocycles. The average Bonchev–Trinajstić information content (AvgIpc) is 2.92. The summed E-state index contributed by atoms with van der Waals surface area (Å²) in [7, 11) is 0. The summed E-state index contributed by atoms with van der Waals surface area (Å²) in [6.45, 7) is 3.23. The van der Waals surface area contributed by atoms with Crippen molar-refractivity contribution in [3.63, 3.8) is 0 Å². The minimum atomic E-state index is -0.457. The van der Waals surface area contributed by atoms with Crippen LogP contribution in [-0.2, 0) is 4.79 Å². The molecule has 0 saturated carbocycles. The minimum absolute atomic E-state index is 0.0326. The van der Waals surface area contributed by atoms with Gasteiger partial charge in [0.25, 0.3) is 5.91 Å². The molecule has 20 heavy (non-hydrogen) atoms. The lowest BCUT2D eigenvalue weighted by molar-refractivity contribution is -0.143. The Kier molecular flexibility index (Phi) is 3.41. The number of ether oxygens (including phenoxy) is 1. The molecule has 1 atom stereocenters. The topological polar surface area (TPSA) is 47.4 Å². The molecule has 3 rings (SSSR count). The van der Waals surface area contributed by atoms with E-state index < -0.39 is 6.10 Å². The molecule has 0 bridgehead atoms. The Hall–Kier alpha value is -2.30. The first-order chi connectivity index (χ1) is 9.74. The molecule has 1 aliphatic heterocycles. The van der Waals surface area contributed by atoms with Gasteiger partial charge in [0, 0.05) is 25.5 Å². The van der Waals surface area contributed by atoms with Gasteiger partial charge < -0.3 is 14.2 Å². The van der Waals surface area contributed by atoms with Crippen LogP contribution in [0.2, 0.25) is 0 Å². The fourth-order valence-electron chi connectivity index (χ4n) is 2.32. The third kappa shape index (κ3) is 2.52. The van der Waals surface area contributed by atoms with Crippen LogP contribution < -0.4 is 4.74 Å². The van der Waals surface area contributed by atoms with E-state index in [1.54, 1.807) is 19.4 Å². The standard InChI is InChI=1S/C15H17N3O2/c1-12(20-14-5-3-2-4-6-14)15(19)18-9-13(10-18)17-8-7-16-11-17/h2-8,11-13H,9-10H2,1H3. The van der Waals surface area contributed by atoms with Crippen molar-refractivity contribution in [1.82, 2.24) is 14.5 Å². The van der Waals surface area contributed by atoms with E-state index in [1.807, 2.05) is 46.0 Å². The summed E-state index contributed by atoms with van der Waals surface area (Å²) in [5.74, 6) is 0.755. The molecule has 1 unspecified atom stereocenters. The van der Waals surface area contributed by atoms with E-state index in [1.165, 1.54) is 0 Å². The van der Waals surface area contributed by atoms with Gasteiger partial charge >= 0.3 is 0 Å². The molecule has 1 aromatic heterocycles. The highest BCUT2D eigenvalue weighted by Crippen LogP contribution is 2.22. The Morgan fingerprint density at radius 3 is 2.75 bits per heavy atom. The van der Waals surface area contributed by atoms with Crippen molar-refractivity contribution >= 4 is 5.91 Å². The summed E-state index contributed by atoms with van der Waals surface area (Å²) in [5.41, 5.74) is 0. The molecule has 0 N–H and O–H groups in total. The van der Waals surface area contributed by atoms with E-state index in [0.717, 1.165) is 18.8 Å². The van der Waals surface area contributed by atoms with Gasteiger partial charge in [0.2, 0.25) is 0 Å². The fourth-order valence-corrected chi connectivity index (χ4v) is 2.32. The third-order valence-corrected chi connectivity index (χ3v) is 3.52. The molecule has 1 amide bonds. The van der Waals surface area contributed by atoms with Crippen LogP contribution in [-0.4, -0.2) is 39.6 Å². The largest absolute Gasteiger partial charge is 0.481 e. The van der Waals surface area contributed by atoms with Crippen molar-refractivity contribution in [3.05, 3.63) is 49.1 Å². The van der Waals surface area contributed by atoms with Gasteiger partial charge in [0.05, 0.1) is 12.4 Å². The van der Waals surface area contributed by atoms with Gasteiger partial charge in [-0.15, -0.1) is 0 Å². The summed E-state index contributed by atoms with van der Waals surface area (Å²) >= 11 is 0. The molecule has 1 saturated heterocycles. The lowest BCUT2D eigenvalue weighted by Crippen LogP contribution is -2.54. The van der Waals surface area contributed by atoms with Crippen LogP contribution >= 0.6 is 0 Å². The van der Waals surface area contributed by atoms with Crippen LogP contribution in [0.15, 0.2) is 49.1 Å². The quantitative estimate of drug-likeness (QED) is 0.851. The third-order valence-electron chi connectivity index (χ3n) is 3.52. The number of likely N-dealkylation sites (tertiary alicyclic amines) is 1. The van der Waals surface area contributed by atoms with Crippen LogP contribution in [0.1, 0.15) is 13.0 Å². The first kappa shape index (κ1) is 12.7. The van der Waals surface area contributed by atoms with Crippen molar-refractivity contribution in [2.45, 2.75) is 19.1 Å². The number of para-hydroxylation sites is 1. The Morgan fingerprint density at radius 1 is 1.35 bits per heavy atom. The lowest BCUT2D eigenvalue weighted by Gasteiger charge is -2.40. The van der Waals surface area contributed by atoms with E-state index in [-0.39, 0.29) is 5.91 Å². The predicted molar refractivity (Wildman–Crippen MR) is 74.4 cm³/mol. The molecular weight excluding hydrogens is 254 g/mol. The molecule has 1 aromatic carbocycles. The van der Waals surface area contributed by atoms with Crippen molar-refractivity contribution < 1.29 is 9.53 Å². The van der Waals surface area contributed by atoms with Gasteiger partial charge in [-0.3, -0.25) is 4.79 Å². The maximum atomic E-state index is 12.2. The number of aromatic nitrogens is 2. The second-order valence-electron chi connectivity index (χ2n) is 4.98. The number of nitrogens with zero attached hydrogens (tertiary/aromatic N) is 3. The Balaban J connectivity index is 1.53. The molecule has 0 spiro atoms. The first-order valence-corrected chi connectivity index (χ1v) is 6.72. The number of carbonyl (C=O) groups excluding carboxylic acids is 1. The number of imidazole rings is 1. The maximum absolute atomic E-state index is 12.2. The zero-order valence-corrected chi connectivity index (χ0v) is 11.3. The Bertz CT molecular complexity index is 562. The van der Waals surface area contributed by atoms with E-state index in [2.05, 4.69) is 4.98 Å². The van der Waals surface area contributed by atoms with Crippen molar-refractivity contribution in [3.8, 4) is 5.75 Å². The highest BCUT2D eigenvalue weighted by atomic mass is 16.5. The molecule has 5 nitrogen and oxygen atoms in total. The van der Waals surface area contributed by atoms with Crippen LogP contribution in [0.4, 0.5) is 0 Å². The molecule has 1 aliphatic rings. The average molecular weight is 271 g/mol. The highest BCUT2D eigenvalue weighted by Gasteiger charge is 2.34. The van der Waals surface area contributed by atoms with Crippen molar-refractivity contribution in [1.29, 1.82) is 0 Å². The van der Waals surface area contributed by atoms with E-state index in [4.69, 9.17) is 4.74 Å². The molecule has 0 radical (unpaired) electrons. The summed E-state index contributed by atoms with van der Waals surface area (Å²) in [4.78, 5) is 18.1. The van der Waals surface area contributed by atoms with Crippen LogP contribution in [0.3, 0.4) is 0 Å². The molecule has 2 aromatic rings. The number of hydrogen-bond donors (Lipinski definition) is 0. The maximum Gasteiger partial charge on any atom is 0.263 e. The van der Waals surface area contributed by atoms with Crippen LogP contribution in [0, 0.1) is 0 Å². The fraction of sp³-hybridized carbons (Fsp3) is 0.333. The van der Waals surface area contributed by atoms with Gasteiger partial charge in [-0.1, -0.05) is 18.2 Å². The summed E-state index contributed by atoms with van der Waals surface area (Å²) in [6, 6.07) is 9.76. The smallest absolute Gasteiger partial charge is 0.263 e. The second-order valence-corrected chi connectivity index (χ2v) is 4.98. The monoisotopic (exact) mass is 271 g/mol. The highest BCUT2D eigenvalue weighted by molar-refractivity contribution is 5.81. The lowest BCUT2D eigenvalue weighted by atomic mass is 10.1. The Labute approximate surface area is 117 Å². The molecule has 1 fully saturated rings. The number of amides is 1. The predicted octanol–water partition coefficient (Wildman–Crippen LogP) is 1.73. The van der Waals surface area contributed by atoms with E-state index in [9.17, 15) is 4.79 Å². The van der Waals surface area contributed by atoms with Gasteiger partial charge in [0.15, 0.2) is 6.10 Å². The van der Waals surface area contributed by atoms with Crippen LogP contribution in [0.5, 0.6) is 5.75 Å². The molecule has 104 valence electrons. The summed E-state index contributed by atoms with van der Waals surface area (Å²) in [5, 5.41) is 0. The number of carbonyl (C=O) groups is 1.